The van der Waals surface area contributed by atoms with Gasteiger partial charge in [-0.25, -0.2) is 0 Å². The van der Waals surface area contributed by atoms with E-state index in [0.717, 1.165) is 25.8 Å². The molecule has 0 bridgehead atoms. The highest BCUT2D eigenvalue weighted by molar-refractivity contribution is 4.81. The van der Waals surface area contributed by atoms with E-state index in [9.17, 15) is 9.50 Å². The van der Waals surface area contributed by atoms with E-state index in [4.69, 9.17) is 0 Å². The Morgan fingerprint density at radius 3 is 2.69 bits per heavy atom. The van der Waals surface area contributed by atoms with Crippen molar-refractivity contribution in [2.75, 3.05) is 20.3 Å². The van der Waals surface area contributed by atoms with Crippen LogP contribution in [0.3, 0.4) is 0 Å². The predicted octanol–water partition coefficient (Wildman–Crippen LogP) is 1.58. The maximum atomic E-state index is 11.9. The molecule has 1 aliphatic rings. The molecule has 0 spiro atoms. The van der Waals surface area contributed by atoms with Gasteiger partial charge in [0.2, 0.25) is 0 Å². The van der Waals surface area contributed by atoms with E-state index in [2.05, 4.69) is 4.90 Å². The molecule has 2 nitrogen and oxygen atoms in total. The Labute approximate surface area is 79.7 Å². The third-order valence-corrected chi connectivity index (χ3v) is 2.90. The maximum absolute atomic E-state index is 11.9. The molecule has 1 aliphatic carbocycles. The molecule has 0 saturated heterocycles. The number of aliphatic hydroxyl groups excluding tert-OH is 1. The summed E-state index contributed by atoms with van der Waals surface area (Å²) in [6.45, 7) is 0.505. The zero-order valence-corrected chi connectivity index (χ0v) is 8.38. The number of halogens is 1. The van der Waals surface area contributed by atoms with Gasteiger partial charge in [-0.15, -0.1) is 0 Å². The smallest absolute Gasteiger partial charge is 0.0906 e. The Morgan fingerprint density at radius 2 is 2.08 bits per heavy atom. The fraction of sp³-hybridized carbons (Fsp3) is 1.00. The zero-order valence-electron chi connectivity index (χ0n) is 8.38. The van der Waals surface area contributed by atoms with Crippen LogP contribution in [0.4, 0.5) is 4.39 Å². The number of nitrogens with zero attached hydrogens (tertiary/aromatic N) is 1. The fourth-order valence-corrected chi connectivity index (χ4v) is 2.08. The summed E-state index contributed by atoms with van der Waals surface area (Å²) in [6, 6.07) is 0.264. The van der Waals surface area contributed by atoms with Gasteiger partial charge in [-0.05, 0) is 26.3 Å². The number of rotatable bonds is 4. The van der Waals surface area contributed by atoms with Crippen molar-refractivity contribution in [2.24, 2.45) is 0 Å². The van der Waals surface area contributed by atoms with Gasteiger partial charge in [-0.3, -0.25) is 4.39 Å². The zero-order chi connectivity index (χ0) is 9.68. The topological polar surface area (TPSA) is 23.5 Å². The van der Waals surface area contributed by atoms with Gasteiger partial charge in [0.1, 0.15) is 0 Å². The van der Waals surface area contributed by atoms with Crippen LogP contribution in [0.1, 0.15) is 32.1 Å². The third-order valence-electron chi connectivity index (χ3n) is 2.90. The molecule has 1 saturated carbocycles. The van der Waals surface area contributed by atoms with Gasteiger partial charge in [-0.1, -0.05) is 12.8 Å². The summed E-state index contributed by atoms with van der Waals surface area (Å²) in [7, 11) is 1.98. The fourth-order valence-electron chi connectivity index (χ4n) is 2.08. The van der Waals surface area contributed by atoms with Gasteiger partial charge in [0.15, 0.2) is 0 Å². The van der Waals surface area contributed by atoms with Crippen molar-refractivity contribution in [3.05, 3.63) is 0 Å². The molecule has 0 aromatic rings. The van der Waals surface area contributed by atoms with Crippen molar-refractivity contribution in [3.8, 4) is 0 Å². The number of alkyl halides is 1. The molecule has 78 valence electrons. The number of likely N-dealkylation sites (N-methyl/N-ethyl adjacent to an activating group) is 1. The summed E-state index contributed by atoms with van der Waals surface area (Å²) in [6.07, 6.45) is 4.68. The van der Waals surface area contributed by atoms with Gasteiger partial charge in [-0.2, -0.15) is 0 Å². The molecule has 0 aliphatic heterocycles. The van der Waals surface area contributed by atoms with Crippen LogP contribution in [-0.2, 0) is 0 Å². The highest BCUT2D eigenvalue weighted by Crippen LogP contribution is 2.22. The van der Waals surface area contributed by atoms with Crippen LogP contribution in [0.5, 0.6) is 0 Å². The van der Waals surface area contributed by atoms with Gasteiger partial charge in [0.25, 0.3) is 0 Å². The van der Waals surface area contributed by atoms with Gasteiger partial charge >= 0.3 is 0 Å². The number of aliphatic hydroxyl groups is 1. The van der Waals surface area contributed by atoms with Crippen LogP contribution < -0.4 is 0 Å². The summed E-state index contributed by atoms with van der Waals surface area (Å²) >= 11 is 0. The lowest BCUT2D eigenvalue weighted by Crippen LogP contribution is -2.43. The predicted molar refractivity (Wildman–Crippen MR) is 51.5 cm³/mol. The van der Waals surface area contributed by atoms with Crippen LogP contribution in [0.25, 0.3) is 0 Å². The highest BCUT2D eigenvalue weighted by atomic mass is 19.1. The summed E-state index contributed by atoms with van der Waals surface area (Å²) in [5.41, 5.74) is 0. The Morgan fingerprint density at radius 1 is 1.38 bits per heavy atom. The summed E-state index contributed by atoms with van der Waals surface area (Å²) in [5, 5.41) is 9.70. The van der Waals surface area contributed by atoms with Crippen molar-refractivity contribution < 1.29 is 9.50 Å². The number of hydrogen-bond acceptors (Lipinski definition) is 2. The van der Waals surface area contributed by atoms with Gasteiger partial charge in [0, 0.05) is 12.6 Å². The summed E-state index contributed by atoms with van der Waals surface area (Å²) in [4.78, 5) is 2.10. The van der Waals surface area contributed by atoms with Gasteiger partial charge < -0.3 is 10.0 Å². The van der Waals surface area contributed by atoms with Crippen molar-refractivity contribution in [1.82, 2.24) is 4.90 Å². The first-order valence-corrected chi connectivity index (χ1v) is 5.20. The molecular formula is C10H20FNO. The average Bonchev–Trinajstić information content (AvgIpc) is 2.15. The summed E-state index contributed by atoms with van der Waals surface area (Å²) < 4.78 is 11.9. The van der Waals surface area contributed by atoms with E-state index in [1.165, 1.54) is 6.42 Å². The van der Waals surface area contributed by atoms with Crippen LogP contribution in [-0.4, -0.2) is 42.4 Å². The van der Waals surface area contributed by atoms with E-state index < -0.39 is 0 Å². The molecule has 0 amide bonds. The number of hydrogen-bond donors (Lipinski definition) is 1. The first-order chi connectivity index (χ1) is 6.25. The van der Waals surface area contributed by atoms with E-state index in [1.807, 2.05) is 7.05 Å². The monoisotopic (exact) mass is 189 g/mol. The summed E-state index contributed by atoms with van der Waals surface area (Å²) in [5.74, 6) is 0. The van der Waals surface area contributed by atoms with E-state index >= 15 is 0 Å². The van der Waals surface area contributed by atoms with Crippen LogP contribution in [0.2, 0.25) is 0 Å². The largest absolute Gasteiger partial charge is 0.391 e. The minimum absolute atomic E-state index is 0.196. The van der Waals surface area contributed by atoms with Crippen molar-refractivity contribution in [1.29, 1.82) is 0 Å². The molecule has 1 fully saturated rings. The van der Waals surface area contributed by atoms with E-state index in [-0.39, 0.29) is 18.8 Å². The molecule has 1 N–H and O–H groups in total. The average molecular weight is 189 g/mol. The SMILES string of the molecule is CN(CCCF)C1CCCCC1O. The Bertz CT molecular complexity index is 143. The quantitative estimate of drug-likeness (QED) is 0.726. The second-order valence-electron chi connectivity index (χ2n) is 3.94. The van der Waals surface area contributed by atoms with Gasteiger partial charge in [0.05, 0.1) is 12.8 Å². The minimum atomic E-state index is -0.257. The lowest BCUT2D eigenvalue weighted by Gasteiger charge is -2.35. The minimum Gasteiger partial charge on any atom is -0.391 e. The third kappa shape index (κ3) is 3.24. The first-order valence-electron chi connectivity index (χ1n) is 5.20. The highest BCUT2D eigenvalue weighted by Gasteiger charge is 2.25. The second-order valence-corrected chi connectivity index (χ2v) is 3.94. The Balaban J connectivity index is 2.30. The lowest BCUT2D eigenvalue weighted by atomic mass is 9.91. The molecule has 0 aromatic carbocycles. The molecule has 1 rings (SSSR count). The Hall–Kier alpha value is -0.150. The molecule has 2 unspecified atom stereocenters. The molecule has 0 heterocycles. The van der Waals surface area contributed by atoms with Crippen LogP contribution in [0.15, 0.2) is 0 Å². The molecule has 3 heteroatoms. The lowest BCUT2D eigenvalue weighted by molar-refractivity contribution is 0.0311. The molecule has 0 aromatic heterocycles. The molecule has 2 atom stereocenters. The normalized spacial score (nSPS) is 29.5. The molecular weight excluding hydrogens is 169 g/mol. The molecule has 0 radical (unpaired) electrons. The van der Waals surface area contributed by atoms with Crippen molar-refractivity contribution in [3.63, 3.8) is 0 Å². The standard InChI is InChI=1S/C10H20FNO/c1-12(8-4-7-11)9-5-2-3-6-10(9)13/h9-10,13H,2-8H2,1H3. The van der Waals surface area contributed by atoms with E-state index in [0.29, 0.717) is 6.42 Å². The second kappa shape index (κ2) is 5.55. The van der Waals surface area contributed by atoms with Crippen LogP contribution >= 0.6 is 0 Å². The first kappa shape index (κ1) is 10.9. The van der Waals surface area contributed by atoms with Crippen molar-refractivity contribution in [2.45, 2.75) is 44.2 Å². The maximum Gasteiger partial charge on any atom is 0.0906 e. The molecule has 13 heavy (non-hydrogen) atoms. The van der Waals surface area contributed by atoms with E-state index in [1.54, 1.807) is 0 Å². The van der Waals surface area contributed by atoms with Crippen molar-refractivity contribution >= 4 is 0 Å². The Kier molecular flexibility index (Phi) is 4.67. The van der Waals surface area contributed by atoms with Crippen LogP contribution in [0, 0.1) is 0 Å².